The SMILES string of the molecule is CC(F)(P)c1cccc(N2CCc3cnc(Cl)cc32)n1. The molecule has 0 amide bonds. The third-order valence-electron chi connectivity index (χ3n) is 3.34. The van der Waals surface area contributed by atoms with Crippen molar-refractivity contribution in [1.29, 1.82) is 0 Å². The van der Waals surface area contributed by atoms with E-state index in [0.717, 1.165) is 30.0 Å². The molecule has 2 unspecified atom stereocenters. The average molecular weight is 310 g/mol. The van der Waals surface area contributed by atoms with Crippen LogP contribution in [0.1, 0.15) is 18.2 Å². The molecule has 0 aromatic carbocycles. The molecule has 6 heteroatoms. The van der Waals surface area contributed by atoms with Crippen molar-refractivity contribution in [2.24, 2.45) is 0 Å². The topological polar surface area (TPSA) is 29.0 Å². The maximum absolute atomic E-state index is 14.0. The first-order valence-corrected chi connectivity index (χ1v) is 7.28. The molecule has 0 saturated carbocycles. The van der Waals surface area contributed by atoms with Crippen molar-refractivity contribution in [3.63, 3.8) is 0 Å². The number of rotatable bonds is 2. The second kappa shape index (κ2) is 4.94. The van der Waals surface area contributed by atoms with E-state index in [1.54, 1.807) is 12.3 Å². The van der Waals surface area contributed by atoms with Gasteiger partial charge in [-0.05, 0) is 37.1 Å². The number of nitrogens with zero attached hydrogens (tertiary/aromatic N) is 3. The number of hydrogen-bond acceptors (Lipinski definition) is 3. The van der Waals surface area contributed by atoms with Crippen LogP contribution in [0.4, 0.5) is 15.9 Å². The summed E-state index contributed by atoms with van der Waals surface area (Å²) in [6.45, 7) is 2.27. The zero-order chi connectivity index (χ0) is 14.3. The summed E-state index contributed by atoms with van der Waals surface area (Å²) >= 11 is 5.96. The van der Waals surface area contributed by atoms with Gasteiger partial charge in [0, 0.05) is 12.7 Å². The van der Waals surface area contributed by atoms with E-state index < -0.39 is 5.41 Å². The van der Waals surface area contributed by atoms with Gasteiger partial charge in [-0.1, -0.05) is 26.9 Å². The van der Waals surface area contributed by atoms with Crippen LogP contribution < -0.4 is 4.90 Å². The van der Waals surface area contributed by atoms with Gasteiger partial charge in [-0.3, -0.25) is 0 Å². The Bertz CT molecular complexity index is 657. The van der Waals surface area contributed by atoms with Crippen LogP contribution in [0, 0.1) is 0 Å². The molecule has 0 aliphatic carbocycles. The first kappa shape index (κ1) is 13.7. The lowest BCUT2D eigenvalue weighted by Crippen LogP contribution is -2.17. The van der Waals surface area contributed by atoms with Crippen LogP contribution >= 0.6 is 20.8 Å². The Labute approximate surface area is 124 Å². The molecular formula is C14H14ClFN3P. The molecule has 0 bridgehead atoms. The van der Waals surface area contributed by atoms with Crippen molar-refractivity contribution in [3.8, 4) is 0 Å². The third kappa shape index (κ3) is 2.50. The summed E-state index contributed by atoms with van der Waals surface area (Å²) in [6.07, 6.45) is 2.68. The molecule has 1 aliphatic rings. The fraction of sp³-hybridized carbons (Fsp3) is 0.286. The van der Waals surface area contributed by atoms with Crippen LogP contribution in [0.15, 0.2) is 30.5 Å². The third-order valence-corrected chi connectivity index (χ3v) is 3.84. The highest BCUT2D eigenvalue weighted by molar-refractivity contribution is 7.18. The van der Waals surface area contributed by atoms with Gasteiger partial charge < -0.3 is 4.90 Å². The second-order valence-electron chi connectivity index (χ2n) is 4.99. The largest absolute Gasteiger partial charge is 0.326 e. The molecule has 3 nitrogen and oxygen atoms in total. The predicted molar refractivity (Wildman–Crippen MR) is 82.4 cm³/mol. The molecule has 104 valence electrons. The highest BCUT2D eigenvalue weighted by atomic mass is 35.5. The monoisotopic (exact) mass is 309 g/mol. The molecule has 1 aliphatic heterocycles. The number of fused-ring (bicyclic) bond motifs is 1. The molecule has 0 saturated heterocycles. The zero-order valence-corrected chi connectivity index (χ0v) is 12.9. The van der Waals surface area contributed by atoms with Gasteiger partial charge in [0.05, 0.1) is 11.4 Å². The maximum Gasteiger partial charge on any atom is 0.162 e. The normalized spacial score (nSPS) is 16.9. The molecule has 2 aromatic heterocycles. The number of alkyl halides is 1. The van der Waals surface area contributed by atoms with Crippen LogP contribution in [0.5, 0.6) is 0 Å². The van der Waals surface area contributed by atoms with Gasteiger partial charge in [0.15, 0.2) is 5.41 Å². The van der Waals surface area contributed by atoms with Gasteiger partial charge in [-0.2, -0.15) is 0 Å². The number of anilines is 2. The number of pyridine rings is 2. The van der Waals surface area contributed by atoms with Crippen molar-refractivity contribution in [1.82, 2.24) is 9.97 Å². The maximum atomic E-state index is 14.0. The van der Waals surface area contributed by atoms with Crippen LogP contribution in [-0.2, 0) is 11.8 Å². The van der Waals surface area contributed by atoms with Crippen molar-refractivity contribution in [2.75, 3.05) is 11.4 Å². The molecule has 0 radical (unpaired) electrons. The molecule has 0 fully saturated rings. The van der Waals surface area contributed by atoms with Crippen molar-refractivity contribution < 1.29 is 4.39 Å². The van der Waals surface area contributed by atoms with E-state index in [0.29, 0.717) is 10.8 Å². The quantitative estimate of drug-likeness (QED) is 0.623. The Balaban J connectivity index is 2.02. The predicted octanol–water partition coefficient (Wildman–Crippen LogP) is 3.84. The smallest absolute Gasteiger partial charge is 0.162 e. The van der Waals surface area contributed by atoms with Crippen LogP contribution in [0.2, 0.25) is 5.15 Å². The Morgan fingerprint density at radius 1 is 1.45 bits per heavy atom. The summed E-state index contributed by atoms with van der Waals surface area (Å²) in [7, 11) is 2.17. The van der Waals surface area contributed by atoms with Crippen LogP contribution in [-0.4, -0.2) is 16.5 Å². The fourth-order valence-electron chi connectivity index (χ4n) is 2.33. The van der Waals surface area contributed by atoms with Gasteiger partial charge in [0.2, 0.25) is 0 Å². The first-order valence-electron chi connectivity index (χ1n) is 6.32. The second-order valence-corrected chi connectivity index (χ2v) is 6.47. The van der Waals surface area contributed by atoms with Gasteiger partial charge >= 0.3 is 0 Å². The summed E-state index contributed by atoms with van der Waals surface area (Å²) in [4.78, 5) is 10.6. The van der Waals surface area contributed by atoms with Gasteiger partial charge in [-0.15, -0.1) is 0 Å². The molecule has 3 rings (SSSR count). The summed E-state index contributed by atoms with van der Waals surface area (Å²) in [5, 5.41) is -1.08. The van der Waals surface area contributed by atoms with E-state index in [9.17, 15) is 4.39 Å². The molecule has 2 aromatic rings. The Morgan fingerprint density at radius 2 is 2.25 bits per heavy atom. The van der Waals surface area contributed by atoms with E-state index in [1.807, 2.05) is 23.1 Å². The first-order chi connectivity index (χ1) is 9.45. The van der Waals surface area contributed by atoms with E-state index in [4.69, 9.17) is 11.6 Å². The van der Waals surface area contributed by atoms with Crippen molar-refractivity contribution in [3.05, 3.63) is 46.9 Å². The van der Waals surface area contributed by atoms with Gasteiger partial charge in [0.1, 0.15) is 11.0 Å². The van der Waals surface area contributed by atoms with Crippen molar-refractivity contribution in [2.45, 2.75) is 18.8 Å². The molecule has 20 heavy (non-hydrogen) atoms. The average Bonchev–Trinajstić information content (AvgIpc) is 2.81. The fourth-order valence-corrected chi connectivity index (χ4v) is 2.64. The zero-order valence-electron chi connectivity index (χ0n) is 11.0. The molecule has 0 spiro atoms. The summed E-state index contributed by atoms with van der Waals surface area (Å²) in [5.74, 6) is 0.731. The lowest BCUT2D eigenvalue weighted by atomic mass is 10.2. The molecule has 0 N–H and O–H groups in total. The highest BCUT2D eigenvalue weighted by Gasteiger charge is 2.25. The summed E-state index contributed by atoms with van der Waals surface area (Å²) in [5.41, 5.74) is 2.53. The minimum Gasteiger partial charge on any atom is -0.326 e. The minimum absolute atomic E-state index is 0.397. The van der Waals surface area contributed by atoms with Crippen LogP contribution in [0.3, 0.4) is 0 Å². The van der Waals surface area contributed by atoms with Gasteiger partial charge in [-0.25, -0.2) is 14.4 Å². The Hall–Kier alpha value is -1.25. The van der Waals surface area contributed by atoms with E-state index in [1.165, 1.54) is 6.92 Å². The number of aromatic nitrogens is 2. The van der Waals surface area contributed by atoms with E-state index in [2.05, 4.69) is 19.2 Å². The summed E-state index contributed by atoms with van der Waals surface area (Å²) < 4.78 is 14.0. The molecule has 2 atom stereocenters. The number of halogens is 2. The Kier molecular flexibility index (Phi) is 3.39. The summed E-state index contributed by atoms with van der Waals surface area (Å²) in [6, 6.07) is 7.21. The molecule has 3 heterocycles. The van der Waals surface area contributed by atoms with Crippen molar-refractivity contribution >= 4 is 32.3 Å². The van der Waals surface area contributed by atoms with E-state index in [-0.39, 0.29) is 0 Å². The highest BCUT2D eigenvalue weighted by Crippen LogP contribution is 2.37. The lowest BCUT2D eigenvalue weighted by molar-refractivity contribution is 0.316. The Morgan fingerprint density at radius 3 is 3.00 bits per heavy atom. The number of hydrogen-bond donors (Lipinski definition) is 0. The minimum atomic E-state index is -1.53. The molecular weight excluding hydrogens is 296 g/mol. The lowest BCUT2D eigenvalue weighted by Gasteiger charge is -2.21. The van der Waals surface area contributed by atoms with E-state index >= 15 is 0 Å². The van der Waals surface area contributed by atoms with Crippen LogP contribution in [0.25, 0.3) is 0 Å². The standard InChI is InChI=1S/C14H14ClFN3P/c1-14(16,20)11-3-2-4-13(18-11)19-6-5-9-8-17-12(15)7-10(9)19/h2-4,7-8H,5-6,20H2,1H3. The van der Waals surface area contributed by atoms with Gasteiger partial charge in [0.25, 0.3) is 0 Å².